The van der Waals surface area contributed by atoms with Gasteiger partial charge in [-0.3, -0.25) is 14.8 Å². The minimum Gasteiger partial charge on any atom is -0.288 e. The summed E-state index contributed by atoms with van der Waals surface area (Å²) >= 11 is 0. The molecular weight excluding hydrogens is 236 g/mol. The molecule has 0 aliphatic heterocycles. The number of aryl methyl sites for hydroxylation is 1. The molecule has 0 radical (unpaired) electrons. The van der Waals surface area contributed by atoms with Crippen LogP contribution in [0.3, 0.4) is 0 Å². The number of rotatable bonds is 2. The number of hydrogen-bond acceptors (Lipinski definition) is 3. The lowest BCUT2D eigenvalue weighted by atomic mass is 10.00. The van der Waals surface area contributed by atoms with Gasteiger partial charge in [0.25, 0.3) is 0 Å². The van der Waals surface area contributed by atoms with E-state index < -0.39 is 0 Å². The van der Waals surface area contributed by atoms with Crippen molar-refractivity contribution in [1.29, 1.82) is 0 Å². The molecule has 0 aliphatic carbocycles. The Hall–Kier alpha value is -2.55. The molecule has 3 rings (SSSR count). The van der Waals surface area contributed by atoms with Crippen molar-refractivity contribution >= 4 is 16.7 Å². The molecule has 0 bridgehead atoms. The number of aromatic nitrogens is 2. The molecule has 0 aliphatic rings. The van der Waals surface area contributed by atoms with E-state index in [1.54, 1.807) is 24.5 Å². The molecule has 2 aromatic heterocycles. The summed E-state index contributed by atoms with van der Waals surface area (Å²) in [4.78, 5) is 21.1. The molecule has 0 unspecified atom stereocenters. The minimum atomic E-state index is -0.0325. The summed E-state index contributed by atoms with van der Waals surface area (Å²) in [6.07, 6.45) is 3.39. The van der Waals surface area contributed by atoms with Crippen LogP contribution in [0.15, 0.2) is 54.9 Å². The van der Waals surface area contributed by atoms with Crippen LogP contribution in [0.4, 0.5) is 0 Å². The average Bonchev–Trinajstić information content (AvgIpc) is 2.46. The summed E-state index contributed by atoms with van der Waals surface area (Å²) in [7, 11) is 0. The van der Waals surface area contributed by atoms with Crippen molar-refractivity contribution in [1.82, 2.24) is 9.97 Å². The smallest absolute Gasteiger partial charge is 0.197 e. The van der Waals surface area contributed by atoms with E-state index in [0.29, 0.717) is 11.1 Å². The van der Waals surface area contributed by atoms with Crippen LogP contribution in [-0.4, -0.2) is 15.8 Å². The van der Waals surface area contributed by atoms with Crippen molar-refractivity contribution in [3.63, 3.8) is 0 Å². The summed E-state index contributed by atoms with van der Waals surface area (Å²) in [5.41, 5.74) is 2.72. The monoisotopic (exact) mass is 248 g/mol. The number of nitrogens with zero attached hydrogens (tertiary/aromatic N) is 2. The van der Waals surface area contributed by atoms with Crippen molar-refractivity contribution < 1.29 is 4.79 Å². The molecule has 0 atom stereocenters. The van der Waals surface area contributed by atoms with Gasteiger partial charge in [0, 0.05) is 34.6 Å². The standard InChI is InChI=1S/C16H12N2O/c1-11-13(8-4-9-17-11)16(19)14-7-2-5-12-6-3-10-18-15(12)14/h2-10H,1H3. The zero-order chi connectivity index (χ0) is 13.2. The van der Waals surface area contributed by atoms with Crippen LogP contribution < -0.4 is 0 Å². The molecule has 0 N–H and O–H groups in total. The fourth-order valence-corrected chi connectivity index (χ4v) is 2.16. The normalized spacial score (nSPS) is 10.6. The molecule has 2 heterocycles. The molecule has 0 saturated carbocycles. The highest BCUT2D eigenvalue weighted by Crippen LogP contribution is 2.20. The summed E-state index contributed by atoms with van der Waals surface area (Å²) in [6.45, 7) is 1.84. The van der Waals surface area contributed by atoms with Gasteiger partial charge in [0.05, 0.1) is 5.52 Å². The molecule has 0 fully saturated rings. The predicted octanol–water partition coefficient (Wildman–Crippen LogP) is 3.17. The van der Waals surface area contributed by atoms with E-state index in [1.165, 1.54) is 0 Å². The topological polar surface area (TPSA) is 42.9 Å². The molecule has 0 spiro atoms. The summed E-state index contributed by atoms with van der Waals surface area (Å²) in [6, 6.07) is 13.0. The van der Waals surface area contributed by atoms with E-state index in [4.69, 9.17) is 0 Å². The fraction of sp³-hybridized carbons (Fsp3) is 0.0625. The fourth-order valence-electron chi connectivity index (χ4n) is 2.16. The van der Waals surface area contributed by atoms with Gasteiger partial charge in [0.15, 0.2) is 5.78 Å². The molecular formula is C16H12N2O. The Kier molecular flexibility index (Phi) is 2.80. The van der Waals surface area contributed by atoms with E-state index in [1.807, 2.05) is 37.3 Å². The van der Waals surface area contributed by atoms with Gasteiger partial charge in [-0.15, -0.1) is 0 Å². The molecule has 92 valence electrons. The van der Waals surface area contributed by atoms with Crippen molar-refractivity contribution in [3.05, 3.63) is 71.7 Å². The number of ketones is 1. The maximum atomic E-state index is 12.6. The van der Waals surface area contributed by atoms with Crippen LogP contribution in [0, 0.1) is 6.92 Å². The van der Waals surface area contributed by atoms with Gasteiger partial charge in [-0.2, -0.15) is 0 Å². The molecule has 0 saturated heterocycles. The first-order valence-electron chi connectivity index (χ1n) is 6.07. The van der Waals surface area contributed by atoms with Gasteiger partial charge in [0.2, 0.25) is 0 Å². The van der Waals surface area contributed by atoms with Crippen molar-refractivity contribution in [2.24, 2.45) is 0 Å². The first-order valence-corrected chi connectivity index (χ1v) is 6.07. The number of carbonyl (C=O) groups excluding carboxylic acids is 1. The molecule has 1 aromatic carbocycles. The third kappa shape index (κ3) is 1.99. The Labute approximate surface area is 111 Å². The van der Waals surface area contributed by atoms with E-state index in [2.05, 4.69) is 9.97 Å². The van der Waals surface area contributed by atoms with Crippen molar-refractivity contribution in [3.8, 4) is 0 Å². The van der Waals surface area contributed by atoms with Crippen molar-refractivity contribution in [2.45, 2.75) is 6.92 Å². The predicted molar refractivity (Wildman–Crippen MR) is 74.1 cm³/mol. The highest BCUT2D eigenvalue weighted by molar-refractivity contribution is 6.15. The van der Waals surface area contributed by atoms with Gasteiger partial charge in [-0.25, -0.2) is 0 Å². The third-order valence-electron chi connectivity index (χ3n) is 3.13. The van der Waals surface area contributed by atoms with Crippen LogP contribution >= 0.6 is 0 Å². The van der Waals surface area contributed by atoms with Crippen molar-refractivity contribution in [2.75, 3.05) is 0 Å². The zero-order valence-electron chi connectivity index (χ0n) is 10.5. The van der Waals surface area contributed by atoms with E-state index in [-0.39, 0.29) is 5.78 Å². The van der Waals surface area contributed by atoms with Gasteiger partial charge in [0.1, 0.15) is 0 Å². The van der Waals surface area contributed by atoms with Crippen LogP contribution in [0.1, 0.15) is 21.6 Å². The first kappa shape index (κ1) is 11.5. The Morgan fingerprint density at radius 2 is 1.58 bits per heavy atom. The number of para-hydroxylation sites is 1. The van der Waals surface area contributed by atoms with Crippen LogP contribution in [-0.2, 0) is 0 Å². The Morgan fingerprint density at radius 3 is 2.42 bits per heavy atom. The van der Waals surface area contributed by atoms with Gasteiger partial charge >= 0.3 is 0 Å². The second-order valence-corrected chi connectivity index (χ2v) is 4.35. The van der Waals surface area contributed by atoms with E-state index in [9.17, 15) is 4.79 Å². The Balaban J connectivity index is 2.20. The number of fused-ring (bicyclic) bond motifs is 1. The minimum absolute atomic E-state index is 0.0325. The molecule has 3 nitrogen and oxygen atoms in total. The van der Waals surface area contributed by atoms with E-state index in [0.717, 1.165) is 16.6 Å². The van der Waals surface area contributed by atoms with Crippen LogP contribution in [0.2, 0.25) is 0 Å². The Bertz CT molecular complexity index is 760. The SMILES string of the molecule is Cc1ncccc1C(=O)c1cccc2cccnc12. The maximum Gasteiger partial charge on any atom is 0.197 e. The second-order valence-electron chi connectivity index (χ2n) is 4.35. The van der Waals surface area contributed by atoms with Gasteiger partial charge in [-0.1, -0.05) is 18.2 Å². The molecule has 3 heteroatoms. The lowest BCUT2D eigenvalue weighted by molar-refractivity contribution is 0.103. The van der Waals surface area contributed by atoms with Crippen LogP contribution in [0.25, 0.3) is 10.9 Å². The molecule has 19 heavy (non-hydrogen) atoms. The van der Waals surface area contributed by atoms with Gasteiger partial charge < -0.3 is 0 Å². The maximum absolute atomic E-state index is 12.6. The second kappa shape index (κ2) is 4.61. The summed E-state index contributed by atoms with van der Waals surface area (Å²) in [5, 5.41) is 0.967. The van der Waals surface area contributed by atoms with E-state index >= 15 is 0 Å². The number of benzene rings is 1. The number of pyridine rings is 2. The highest BCUT2D eigenvalue weighted by Gasteiger charge is 2.15. The molecule has 0 amide bonds. The lowest BCUT2D eigenvalue weighted by Gasteiger charge is -2.06. The van der Waals surface area contributed by atoms with Crippen LogP contribution in [0.5, 0.6) is 0 Å². The summed E-state index contributed by atoms with van der Waals surface area (Å²) < 4.78 is 0. The number of carbonyl (C=O) groups is 1. The zero-order valence-corrected chi connectivity index (χ0v) is 10.5. The largest absolute Gasteiger partial charge is 0.288 e. The summed E-state index contributed by atoms with van der Waals surface area (Å²) in [5.74, 6) is -0.0325. The third-order valence-corrected chi connectivity index (χ3v) is 3.13. The van der Waals surface area contributed by atoms with Gasteiger partial charge in [-0.05, 0) is 31.2 Å². The lowest BCUT2D eigenvalue weighted by Crippen LogP contribution is -2.06. The number of hydrogen-bond donors (Lipinski definition) is 0. The quantitative estimate of drug-likeness (QED) is 0.654. The molecule has 3 aromatic rings. The highest BCUT2D eigenvalue weighted by atomic mass is 16.1. The Morgan fingerprint density at radius 1 is 0.895 bits per heavy atom. The first-order chi connectivity index (χ1) is 9.27. The average molecular weight is 248 g/mol.